The Balaban J connectivity index is 1.59. The van der Waals surface area contributed by atoms with Crippen molar-refractivity contribution >= 4 is 28.6 Å². The molecular formula is C14H18ClN5. The van der Waals surface area contributed by atoms with Crippen LogP contribution in [0.25, 0.3) is 11.0 Å². The SMILES string of the molecule is Clc1ccc2nnc(NCCN3CCCCC3)nc2c1. The van der Waals surface area contributed by atoms with Crippen LogP contribution in [0.15, 0.2) is 18.2 Å². The first kappa shape index (κ1) is 13.5. The fourth-order valence-corrected chi connectivity index (χ4v) is 2.66. The van der Waals surface area contributed by atoms with Gasteiger partial charge < -0.3 is 10.2 Å². The van der Waals surface area contributed by atoms with E-state index >= 15 is 0 Å². The Morgan fingerprint density at radius 3 is 2.80 bits per heavy atom. The summed E-state index contributed by atoms with van der Waals surface area (Å²) in [5, 5.41) is 12.1. The molecule has 1 aliphatic rings. The van der Waals surface area contributed by atoms with E-state index in [1.807, 2.05) is 6.07 Å². The third kappa shape index (κ3) is 3.35. The third-order valence-electron chi connectivity index (χ3n) is 3.58. The molecule has 2 heterocycles. The fourth-order valence-electron chi connectivity index (χ4n) is 2.49. The van der Waals surface area contributed by atoms with Crippen LogP contribution in [0.1, 0.15) is 19.3 Å². The van der Waals surface area contributed by atoms with Gasteiger partial charge in [0, 0.05) is 18.1 Å². The first-order valence-corrected chi connectivity index (χ1v) is 7.45. The largest absolute Gasteiger partial charge is 0.352 e. The molecule has 6 heteroatoms. The van der Waals surface area contributed by atoms with Gasteiger partial charge in [0.1, 0.15) is 5.52 Å². The number of halogens is 1. The smallest absolute Gasteiger partial charge is 0.243 e. The van der Waals surface area contributed by atoms with Crippen molar-refractivity contribution in [3.05, 3.63) is 23.2 Å². The quantitative estimate of drug-likeness (QED) is 0.938. The molecule has 0 radical (unpaired) electrons. The first-order valence-electron chi connectivity index (χ1n) is 7.07. The minimum absolute atomic E-state index is 0.566. The fraction of sp³-hybridized carbons (Fsp3) is 0.500. The molecule has 20 heavy (non-hydrogen) atoms. The van der Waals surface area contributed by atoms with Crippen molar-refractivity contribution in [3.63, 3.8) is 0 Å². The van der Waals surface area contributed by atoms with E-state index in [1.165, 1.54) is 32.4 Å². The van der Waals surface area contributed by atoms with Gasteiger partial charge in [0.2, 0.25) is 5.95 Å². The monoisotopic (exact) mass is 291 g/mol. The van der Waals surface area contributed by atoms with Gasteiger partial charge in [0.05, 0.1) is 5.52 Å². The van der Waals surface area contributed by atoms with Gasteiger partial charge in [-0.05, 0) is 44.1 Å². The number of rotatable bonds is 4. The molecule has 1 aromatic heterocycles. The molecular weight excluding hydrogens is 274 g/mol. The Morgan fingerprint density at radius 2 is 1.95 bits per heavy atom. The lowest BCUT2D eigenvalue weighted by molar-refractivity contribution is 0.237. The third-order valence-corrected chi connectivity index (χ3v) is 3.81. The van der Waals surface area contributed by atoms with Crippen LogP contribution in [0.4, 0.5) is 5.95 Å². The average molecular weight is 292 g/mol. The molecule has 1 aromatic carbocycles. The Bertz CT molecular complexity index is 583. The molecule has 0 bridgehead atoms. The standard InChI is InChI=1S/C14H18ClN5/c15-11-4-5-12-13(10-11)17-14(19-18-12)16-6-9-20-7-2-1-3-8-20/h4-5,10H,1-3,6-9H2,(H,16,17,19). The Morgan fingerprint density at radius 1 is 1.10 bits per heavy atom. The zero-order valence-corrected chi connectivity index (χ0v) is 12.1. The number of fused-ring (bicyclic) bond motifs is 1. The zero-order valence-electron chi connectivity index (χ0n) is 11.3. The number of aromatic nitrogens is 3. The summed E-state index contributed by atoms with van der Waals surface area (Å²) in [6.45, 7) is 4.27. The second-order valence-corrected chi connectivity index (χ2v) is 5.53. The highest BCUT2D eigenvalue weighted by Gasteiger charge is 2.09. The molecule has 5 nitrogen and oxygen atoms in total. The number of piperidine rings is 1. The highest BCUT2D eigenvalue weighted by Crippen LogP contribution is 2.16. The van der Waals surface area contributed by atoms with Crippen molar-refractivity contribution in [1.29, 1.82) is 0 Å². The predicted octanol–water partition coefficient (Wildman–Crippen LogP) is 2.58. The van der Waals surface area contributed by atoms with Crippen LogP contribution in [0.2, 0.25) is 5.02 Å². The van der Waals surface area contributed by atoms with E-state index in [4.69, 9.17) is 11.6 Å². The molecule has 2 aromatic rings. The number of benzene rings is 1. The molecule has 0 saturated carbocycles. The summed E-state index contributed by atoms with van der Waals surface area (Å²) in [5.41, 5.74) is 1.53. The van der Waals surface area contributed by atoms with Crippen LogP contribution in [0.5, 0.6) is 0 Å². The van der Waals surface area contributed by atoms with Crippen LogP contribution in [-0.4, -0.2) is 46.3 Å². The topological polar surface area (TPSA) is 53.9 Å². The van der Waals surface area contributed by atoms with Gasteiger partial charge in [-0.25, -0.2) is 4.98 Å². The summed E-state index contributed by atoms with van der Waals surface area (Å²) < 4.78 is 0. The maximum Gasteiger partial charge on any atom is 0.243 e. The van der Waals surface area contributed by atoms with Crippen molar-refractivity contribution in [2.45, 2.75) is 19.3 Å². The highest BCUT2D eigenvalue weighted by molar-refractivity contribution is 6.31. The molecule has 106 valence electrons. The summed E-state index contributed by atoms with van der Waals surface area (Å²) in [6.07, 6.45) is 3.99. The number of hydrogen-bond donors (Lipinski definition) is 1. The summed E-state index contributed by atoms with van der Waals surface area (Å²) in [4.78, 5) is 6.91. The van der Waals surface area contributed by atoms with E-state index in [0.29, 0.717) is 11.0 Å². The van der Waals surface area contributed by atoms with Crippen LogP contribution < -0.4 is 5.32 Å². The maximum atomic E-state index is 5.96. The first-order chi connectivity index (χ1) is 9.81. The molecule has 0 unspecified atom stereocenters. The zero-order chi connectivity index (χ0) is 13.8. The van der Waals surface area contributed by atoms with Crippen LogP contribution in [0.3, 0.4) is 0 Å². The molecule has 1 saturated heterocycles. The summed E-state index contributed by atoms with van der Waals surface area (Å²) in [6, 6.07) is 5.43. The number of anilines is 1. The number of hydrogen-bond acceptors (Lipinski definition) is 5. The van der Waals surface area contributed by atoms with Crippen LogP contribution in [-0.2, 0) is 0 Å². The van der Waals surface area contributed by atoms with Crippen molar-refractivity contribution in [2.24, 2.45) is 0 Å². The average Bonchev–Trinajstić information content (AvgIpc) is 2.48. The highest BCUT2D eigenvalue weighted by atomic mass is 35.5. The minimum atomic E-state index is 0.566. The van der Waals surface area contributed by atoms with Gasteiger partial charge in [-0.3, -0.25) is 0 Å². The number of nitrogens with one attached hydrogen (secondary N) is 1. The van der Waals surface area contributed by atoms with Gasteiger partial charge in [-0.15, -0.1) is 10.2 Å². The molecule has 0 amide bonds. The second-order valence-electron chi connectivity index (χ2n) is 5.10. The van der Waals surface area contributed by atoms with Gasteiger partial charge in [0.15, 0.2) is 0 Å². The predicted molar refractivity (Wildman–Crippen MR) is 81.1 cm³/mol. The lowest BCUT2D eigenvalue weighted by Gasteiger charge is -2.26. The molecule has 3 rings (SSSR count). The van der Waals surface area contributed by atoms with Crippen LogP contribution >= 0.6 is 11.6 Å². The molecule has 0 aliphatic carbocycles. The van der Waals surface area contributed by atoms with Gasteiger partial charge in [-0.2, -0.15) is 0 Å². The second kappa shape index (κ2) is 6.33. The molecule has 1 fully saturated rings. The molecule has 0 atom stereocenters. The summed E-state index contributed by atoms with van der Waals surface area (Å²) in [5.74, 6) is 0.566. The Kier molecular flexibility index (Phi) is 4.28. The number of likely N-dealkylation sites (tertiary alicyclic amines) is 1. The van der Waals surface area contributed by atoms with E-state index in [-0.39, 0.29) is 0 Å². The van der Waals surface area contributed by atoms with E-state index in [2.05, 4.69) is 25.4 Å². The van der Waals surface area contributed by atoms with Crippen molar-refractivity contribution in [3.8, 4) is 0 Å². The van der Waals surface area contributed by atoms with Crippen molar-refractivity contribution in [2.75, 3.05) is 31.5 Å². The minimum Gasteiger partial charge on any atom is -0.352 e. The van der Waals surface area contributed by atoms with E-state index < -0.39 is 0 Å². The number of nitrogens with zero attached hydrogens (tertiary/aromatic N) is 4. The van der Waals surface area contributed by atoms with Crippen LogP contribution in [0, 0.1) is 0 Å². The van der Waals surface area contributed by atoms with E-state index in [9.17, 15) is 0 Å². The van der Waals surface area contributed by atoms with Gasteiger partial charge >= 0.3 is 0 Å². The van der Waals surface area contributed by atoms with Crippen molar-refractivity contribution < 1.29 is 0 Å². The maximum absolute atomic E-state index is 5.96. The lowest BCUT2D eigenvalue weighted by atomic mass is 10.1. The lowest BCUT2D eigenvalue weighted by Crippen LogP contribution is -2.33. The molecule has 1 N–H and O–H groups in total. The Labute approximate surface area is 123 Å². The summed E-state index contributed by atoms with van der Waals surface area (Å²) in [7, 11) is 0. The molecule has 0 spiro atoms. The normalized spacial score (nSPS) is 16.4. The van der Waals surface area contributed by atoms with Gasteiger partial charge in [0.25, 0.3) is 0 Å². The molecule has 1 aliphatic heterocycles. The van der Waals surface area contributed by atoms with Crippen molar-refractivity contribution in [1.82, 2.24) is 20.1 Å². The van der Waals surface area contributed by atoms with E-state index in [1.54, 1.807) is 12.1 Å². The Hall–Kier alpha value is -1.46. The summed E-state index contributed by atoms with van der Waals surface area (Å²) >= 11 is 5.96. The van der Waals surface area contributed by atoms with E-state index in [0.717, 1.165) is 24.1 Å². The van der Waals surface area contributed by atoms with Gasteiger partial charge in [-0.1, -0.05) is 18.0 Å².